The van der Waals surface area contributed by atoms with Gasteiger partial charge in [0, 0.05) is 13.5 Å². The van der Waals surface area contributed by atoms with Gasteiger partial charge in [-0.25, -0.2) is 4.98 Å². The first-order chi connectivity index (χ1) is 12.6. The van der Waals surface area contributed by atoms with Gasteiger partial charge in [0.2, 0.25) is 11.8 Å². The van der Waals surface area contributed by atoms with E-state index < -0.39 is 0 Å². The molecule has 1 aliphatic rings. The average Bonchev–Trinajstić information content (AvgIpc) is 2.97. The van der Waals surface area contributed by atoms with Crippen LogP contribution in [0.3, 0.4) is 0 Å². The summed E-state index contributed by atoms with van der Waals surface area (Å²) in [6.45, 7) is 0. The number of carbonyl (C=O) groups is 2. The highest BCUT2D eigenvalue weighted by atomic mass is 16.2. The lowest BCUT2D eigenvalue weighted by Gasteiger charge is -2.21. The standard InChI is InChI=1S/C20H28N4O2/c1-24-17-12-6-5-11-16(17)21-18(24)14-20(26)23-22-19(25)13-7-10-15-8-3-2-4-9-15/h5-6,11-12,15H,2-4,7-10,13-14H2,1H3,(H,22,25)(H,23,26). The highest BCUT2D eigenvalue weighted by molar-refractivity contribution is 5.84. The molecule has 1 aromatic carbocycles. The molecule has 1 heterocycles. The number of hydrazine groups is 1. The van der Waals surface area contributed by atoms with E-state index in [1.807, 2.05) is 35.9 Å². The van der Waals surface area contributed by atoms with Crippen LogP contribution in [0.25, 0.3) is 11.0 Å². The van der Waals surface area contributed by atoms with Crippen LogP contribution >= 0.6 is 0 Å². The minimum Gasteiger partial charge on any atom is -0.331 e. The SMILES string of the molecule is Cn1c(CC(=O)NNC(=O)CCCC2CCCCC2)nc2ccccc21. The number of aromatic nitrogens is 2. The zero-order valence-corrected chi connectivity index (χ0v) is 15.5. The average molecular weight is 356 g/mol. The summed E-state index contributed by atoms with van der Waals surface area (Å²) in [6, 6.07) is 7.76. The van der Waals surface area contributed by atoms with Gasteiger partial charge in [-0.1, -0.05) is 44.2 Å². The molecular formula is C20H28N4O2. The molecule has 0 spiro atoms. The van der Waals surface area contributed by atoms with Crippen molar-refractivity contribution in [2.75, 3.05) is 0 Å². The summed E-state index contributed by atoms with van der Waals surface area (Å²) in [7, 11) is 1.89. The highest BCUT2D eigenvalue weighted by Crippen LogP contribution is 2.27. The molecular weight excluding hydrogens is 328 g/mol. The fraction of sp³-hybridized carbons (Fsp3) is 0.550. The van der Waals surface area contributed by atoms with Gasteiger partial charge in [-0.05, 0) is 30.9 Å². The third kappa shape index (κ3) is 4.84. The number of benzene rings is 1. The maximum atomic E-state index is 12.1. The van der Waals surface area contributed by atoms with Crippen molar-refractivity contribution in [2.45, 2.75) is 57.8 Å². The summed E-state index contributed by atoms with van der Waals surface area (Å²) < 4.78 is 1.90. The number of hydrogen-bond acceptors (Lipinski definition) is 3. The molecule has 6 heteroatoms. The molecule has 26 heavy (non-hydrogen) atoms. The maximum absolute atomic E-state index is 12.1. The van der Waals surface area contributed by atoms with Crippen LogP contribution in [0.2, 0.25) is 0 Å². The zero-order chi connectivity index (χ0) is 18.4. The first kappa shape index (κ1) is 18.4. The number of para-hydroxylation sites is 2. The second-order valence-corrected chi connectivity index (χ2v) is 7.25. The molecule has 1 aromatic heterocycles. The second kappa shape index (κ2) is 8.83. The molecule has 2 N–H and O–H groups in total. The zero-order valence-electron chi connectivity index (χ0n) is 15.5. The molecule has 0 bridgehead atoms. The van der Waals surface area contributed by atoms with Crippen LogP contribution in [0.15, 0.2) is 24.3 Å². The molecule has 0 unspecified atom stereocenters. The first-order valence-corrected chi connectivity index (χ1v) is 9.61. The normalized spacial score (nSPS) is 15.1. The van der Waals surface area contributed by atoms with Gasteiger partial charge in [0.15, 0.2) is 0 Å². The van der Waals surface area contributed by atoms with Gasteiger partial charge in [0.05, 0.1) is 17.5 Å². The van der Waals surface area contributed by atoms with Crippen molar-refractivity contribution in [1.29, 1.82) is 0 Å². The fourth-order valence-electron chi connectivity index (χ4n) is 3.77. The molecule has 6 nitrogen and oxygen atoms in total. The minimum atomic E-state index is -0.260. The van der Waals surface area contributed by atoms with E-state index in [1.54, 1.807) is 0 Å². The largest absolute Gasteiger partial charge is 0.331 e. The molecule has 0 saturated heterocycles. The van der Waals surface area contributed by atoms with E-state index >= 15 is 0 Å². The summed E-state index contributed by atoms with van der Waals surface area (Å²) >= 11 is 0. The van der Waals surface area contributed by atoms with E-state index in [0.717, 1.165) is 29.8 Å². The third-order valence-corrected chi connectivity index (χ3v) is 5.28. The van der Waals surface area contributed by atoms with Crippen molar-refractivity contribution < 1.29 is 9.59 Å². The van der Waals surface area contributed by atoms with Gasteiger partial charge in [0.25, 0.3) is 0 Å². The molecule has 0 radical (unpaired) electrons. The predicted molar refractivity (Wildman–Crippen MR) is 101 cm³/mol. The molecule has 0 aliphatic heterocycles. The quantitative estimate of drug-likeness (QED) is 0.781. The van der Waals surface area contributed by atoms with Gasteiger partial charge in [-0.15, -0.1) is 0 Å². The Labute approximate surface area is 154 Å². The van der Waals surface area contributed by atoms with Crippen LogP contribution in [0.1, 0.15) is 57.2 Å². The van der Waals surface area contributed by atoms with Crippen molar-refractivity contribution in [1.82, 2.24) is 20.4 Å². The Balaban J connectivity index is 1.39. The lowest BCUT2D eigenvalue weighted by atomic mass is 9.86. The second-order valence-electron chi connectivity index (χ2n) is 7.25. The molecule has 0 atom stereocenters. The van der Waals surface area contributed by atoms with Crippen molar-refractivity contribution in [3.8, 4) is 0 Å². The topological polar surface area (TPSA) is 76.0 Å². The number of imidazole rings is 1. The van der Waals surface area contributed by atoms with Gasteiger partial charge >= 0.3 is 0 Å². The van der Waals surface area contributed by atoms with Gasteiger partial charge in [-0.3, -0.25) is 20.4 Å². The van der Waals surface area contributed by atoms with Crippen molar-refractivity contribution in [3.05, 3.63) is 30.1 Å². The number of amides is 2. The first-order valence-electron chi connectivity index (χ1n) is 9.61. The number of hydrogen-bond donors (Lipinski definition) is 2. The van der Waals surface area contributed by atoms with Gasteiger partial charge in [0.1, 0.15) is 5.82 Å². The van der Waals surface area contributed by atoms with E-state index in [9.17, 15) is 9.59 Å². The van der Waals surface area contributed by atoms with Gasteiger partial charge in [-0.2, -0.15) is 0 Å². The van der Waals surface area contributed by atoms with Crippen LogP contribution in [0.5, 0.6) is 0 Å². The van der Waals surface area contributed by atoms with Crippen LogP contribution in [-0.4, -0.2) is 21.4 Å². The molecule has 140 valence electrons. The van der Waals surface area contributed by atoms with Crippen LogP contribution in [0.4, 0.5) is 0 Å². The summed E-state index contributed by atoms with van der Waals surface area (Å²) in [6.07, 6.45) is 9.21. The van der Waals surface area contributed by atoms with E-state index in [1.165, 1.54) is 32.1 Å². The monoisotopic (exact) mass is 356 g/mol. The van der Waals surface area contributed by atoms with E-state index in [4.69, 9.17) is 0 Å². The van der Waals surface area contributed by atoms with Crippen LogP contribution in [-0.2, 0) is 23.1 Å². The summed E-state index contributed by atoms with van der Waals surface area (Å²) in [5.74, 6) is 1.07. The Morgan fingerprint density at radius 2 is 1.85 bits per heavy atom. The van der Waals surface area contributed by atoms with E-state index in [2.05, 4.69) is 15.8 Å². The minimum absolute atomic E-state index is 0.126. The molecule has 1 aliphatic carbocycles. The predicted octanol–water partition coefficient (Wildman–Crippen LogP) is 3.01. The number of rotatable bonds is 6. The maximum Gasteiger partial charge on any atom is 0.245 e. The summed E-state index contributed by atoms with van der Waals surface area (Å²) in [5, 5.41) is 0. The Bertz CT molecular complexity index is 762. The lowest BCUT2D eigenvalue weighted by Crippen LogP contribution is -2.42. The Hall–Kier alpha value is -2.37. The molecule has 3 rings (SSSR count). The fourth-order valence-corrected chi connectivity index (χ4v) is 3.77. The Morgan fingerprint density at radius 1 is 1.12 bits per heavy atom. The van der Waals surface area contributed by atoms with E-state index in [-0.39, 0.29) is 18.2 Å². The molecule has 2 aromatic rings. The number of nitrogens with zero attached hydrogens (tertiary/aromatic N) is 2. The van der Waals surface area contributed by atoms with Gasteiger partial charge < -0.3 is 4.57 Å². The van der Waals surface area contributed by atoms with Crippen LogP contribution < -0.4 is 10.9 Å². The highest BCUT2D eigenvalue weighted by Gasteiger charge is 2.15. The number of fused-ring (bicyclic) bond motifs is 1. The smallest absolute Gasteiger partial charge is 0.245 e. The number of carbonyl (C=O) groups excluding carboxylic acids is 2. The lowest BCUT2D eigenvalue weighted by molar-refractivity contribution is -0.128. The summed E-state index contributed by atoms with van der Waals surface area (Å²) in [4.78, 5) is 28.5. The van der Waals surface area contributed by atoms with Crippen molar-refractivity contribution in [2.24, 2.45) is 13.0 Å². The molecule has 1 fully saturated rings. The molecule has 2 amide bonds. The van der Waals surface area contributed by atoms with Crippen molar-refractivity contribution >= 4 is 22.8 Å². The Kier molecular flexibility index (Phi) is 6.26. The van der Waals surface area contributed by atoms with Crippen LogP contribution in [0, 0.1) is 5.92 Å². The number of nitrogens with one attached hydrogen (secondary N) is 2. The Morgan fingerprint density at radius 3 is 2.62 bits per heavy atom. The molecule has 1 saturated carbocycles. The van der Waals surface area contributed by atoms with Crippen molar-refractivity contribution in [3.63, 3.8) is 0 Å². The van der Waals surface area contributed by atoms with E-state index in [0.29, 0.717) is 12.2 Å². The number of aryl methyl sites for hydroxylation is 1. The summed E-state index contributed by atoms with van der Waals surface area (Å²) in [5.41, 5.74) is 6.87. The third-order valence-electron chi connectivity index (χ3n) is 5.28.